The van der Waals surface area contributed by atoms with Crippen molar-refractivity contribution in [3.05, 3.63) is 33.9 Å². The van der Waals surface area contributed by atoms with Gasteiger partial charge in [0.2, 0.25) is 0 Å². The molecule has 0 saturated heterocycles. The Hall–Kier alpha value is -1.09. The van der Waals surface area contributed by atoms with Crippen LogP contribution >= 0.6 is 0 Å². The fourth-order valence-electron chi connectivity index (χ4n) is 1.32. The Morgan fingerprint density at radius 1 is 1.53 bits per heavy atom. The molecule has 1 N–H and O–H groups in total. The van der Waals surface area contributed by atoms with Crippen molar-refractivity contribution in [2.75, 3.05) is 0 Å². The summed E-state index contributed by atoms with van der Waals surface area (Å²) < 4.78 is 5.27. The maximum atomic E-state index is 11.4. The fourth-order valence-corrected chi connectivity index (χ4v) is 1.32. The van der Waals surface area contributed by atoms with Gasteiger partial charge in [-0.25, -0.2) is 0 Å². The molecule has 15 heavy (non-hydrogen) atoms. The van der Waals surface area contributed by atoms with Gasteiger partial charge in [-0.1, -0.05) is 20.3 Å². The van der Waals surface area contributed by atoms with Gasteiger partial charge < -0.3 is 9.52 Å². The molecule has 1 atom stereocenters. The van der Waals surface area contributed by atoms with Gasteiger partial charge in [-0.2, -0.15) is 0 Å². The number of rotatable bonds is 5. The Morgan fingerprint density at radius 2 is 2.27 bits per heavy atom. The van der Waals surface area contributed by atoms with Crippen molar-refractivity contribution < 1.29 is 9.52 Å². The summed E-state index contributed by atoms with van der Waals surface area (Å²) in [4.78, 5) is 11.4. The van der Waals surface area contributed by atoms with Crippen LogP contribution in [0, 0.1) is 5.92 Å². The van der Waals surface area contributed by atoms with Crippen molar-refractivity contribution in [2.24, 2.45) is 5.92 Å². The van der Waals surface area contributed by atoms with Crippen molar-refractivity contribution in [3.8, 4) is 0 Å². The first kappa shape index (κ1) is 12.0. The highest BCUT2D eigenvalue weighted by atomic mass is 16.3. The quantitative estimate of drug-likeness (QED) is 0.809. The molecule has 0 unspecified atom stereocenters. The standard InChI is InChI=1S/C12H18O3/c1-3-9(2)4-5-11-6-12(14)10(7-13)8-15-11/h6,8-9,13H,3-5,7H2,1-2H3/t9-/m1/s1. The molecule has 3 heteroatoms. The molecule has 0 spiro atoms. The van der Waals surface area contributed by atoms with Crippen molar-refractivity contribution >= 4 is 0 Å². The average molecular weight is 210 g/mol. The predicted octanol–water partition coefficient (Wildman–Crippen LogP) is 2.11. The second-order valence-corrected chi connectivity index (χ2v) is 3.95. The molecular formula is C12H18O3. The van der Waals surface area contributed by atoms with E-state index in [2.05, 4.69) is 13.8 Å². The average Bonchev–Trinajstić information content (AvgIpc) is 2.26. The van der Waals surface area contributed by atoms with Gasteiger partial charge >= 0.3 is 0 Å². The van der Waals surface area contributed by atoms with Crippen LogP contribution in [0.3, 0.4) is 0 Å². The fraction of sp³-hybridized carbons (Fsp3) is 0.583. The Kier molecular flexibility index (Phi) is 4.56. The lowest BCUT2D eigenvalue weighted by atomic mass is 10.0. The number of aliphatic hydroxyl groups is 1. The zero-order valence-corrected chi connectivity index (χ0v) is 9.32. The molecule has 1 aromatic rings. The van der Waals surface area contributed by atoms with Crippen LogP contribution in [0.5, 0.6) is 0 Å². The van der Waals surface area contributed by atoms with Crippen LogP contribution in [-0.4, -0.2) is 5.11 Å². The first-order valence-corrected chi connectivity index (χ1v) is 5.38. The molecule has 1 aromatic heterocycles. The summed E-state index contributed by atoms with van der Waals surface area (Å²) >= 11 is 0. The van der Waals surface area contributed by atoms with Crippen LogP contribution in [0.25, 0.3) is 0 Å². The summed E-state index contributed by atoms with van der Waals surface area (Å²) in [6, 6.07) is 1.48. The van der Waals surface area contributed by atoms with E-state index >= 15 is 0 Å². The highest BCUT2D eigenvalue weighted by molar-refractivity contribution is 5.10. The second kappa shape index (κ2) is 5.71. The third-order valence-corrected chi connectivity index (χ3v) is 2.71. The van der Waals surface area contributed by atoms with Crippen LogP contribution in [0.15, 0.2) is 21.5 Å². The lowest BCUT2D eigenvalue weighted by molar-refractivity contribution is 0.275. The third kappa shape index (κ3) is 3.51. The lowest BCUT2D eigenvalue weighted by Crippen LogP contribution is -2.08. The lowest BCUT2D eigenvalue weighted by Gasteiger charge is -2.06. The van der Waals surface area contributed by atoms with E-state index in [1.54, 1.807) is 0 Å². The molecule has 0 saturated carbocycles. The molecule has 0 fully saturated rings. The predicted molar refractivity (Wildman–Crippen MR) is 58.7 cm³/mol. The summed E-state index contributed by atoms with van der Waals surface area (Å²) in [5.41, 5.74) is 0.185. The molecule has 84 valence electrons. The largest absolute Gasteiger partial charge is 0.469 e. The zero-order chi connectivity index (χ0) is 11.3. The normalized spacial score (nSPS) is 12.7. The molecule has 3 nitrogen and oxygen atoms in total. The molecule has 0 aromatic carbocycles. The minimum Gasteiger partial charge on any atom is -0.469 e. The molecular weight excluding hydrogens is 192 g/mol. The van der Waals surface area contributed by atoms with Crippen LogP contribution in [0.2, 0.25) is 0 Å². The molecule has 0 aliphatic carbocycles. The van der Waals surface area contributed by atoms with E-state index < -0.39 is 0 Å². The van der Waals surface area contributed by atoms with E-state index in [-0.39, 0.29) is 12.0 Å². The maximum Gasteiger partial charge on any atom is 0.190 e. The van der Waals surface area contributed by atoms with Gasteiger partial charge in [0, 0.05) is 12.5 Å². The zero-order valence-electron chi connectivity index (χ0n) is 9.32. The molecule has 0 aliphatic rings. The van der Waals surface area contributed by atoms with E-state index in [1.807, 2.05) is 0 Å². The highest BCUT2D eigenvalue weighted by Crippen LogP contribution is 2.11. The Morgan fingerprint density at radius 3 is 2.80 bits per heavy atom. The van der Waals surface area contributed by atoms with Crippen LogP contribution in [0.1, 0.15) is 38.0 Å². The van der Waals surface area contributed by atoms with Gasteiger partial charge in [-0.3, -0.25) is 4.79 Å². The smallest absolute Gasteiger partial charge is 0.190 e. The van der Waals surface area contributed by atoms with Gasteiger partial charge in [0.25, 0.3) is 0 Å². The molecule has 1 rings (SSSR count). The minimum absolute atomic E-state index is 0.136. The number of hydrogen-bond acceptors (Lipinski definition) is 3. The molecule has 0 amide bonds. The van der Waals surface area contributed by atoms with Gasteiger partial charge in [0.05, 0.1) is 18.4 Å². The minimum atomic E-state index is -0.256. The van der Waals surface area contributed by atoms with Crippen molar-refractivity contribution in [1.29, 1.82) is 0 Å². The Balaban J connectivity index is 2.64. The molecule has 0 aliphatic heterocycles. The van der Waals surface area contributed by atoms with Crippen molar-refractivity contribution in [2.45, 2.75) is 39.7 Å². The molecule has 0 radical (unpaired) electrons. The van der Waals surface area contributed by atoms with Crippen LogP contribution in [0.4, 0.5) is 0 Å². The van der Waals surface area contributed by atoms with Gasteiger partial charge in [-0.15, -0.1) is 0 Å². The Labute approximate surface area is 89.7 Å². The number of aryl methyl sites for hydroxylation is 1. The van der Waals surface area contributed by atoms with Gasteiger partial charge in [0.15, 0.2) is 5.43 Å². The monoisotopic (exact) mass is 210 g/mol. The Bertz CT molecular complexity index is 354. The summed E-state index contributed by atoms with van der Waals surface area (Å²) in [7, 11) is 0. The van der Waals surface area contributed by atoms with Crippen molar-refractivity contribution in [3.63, 3.8) is 0 Å². The van der Waals surface area contributed by atoms with E-state index in [0.717, 1.165) is 19.3 Å². The maximum absolute atomic E-state index is 11.4. The summed E-state index contributed by atoms with van der Waals surface area (Å²) in [6.45, 7) is 4.07. The van der Waals surface area contributed by atoms with E-state index in [0.29, 0.717) is 17.2 Å². The first-order valence-electron chi connectivity index (χ1n) is 5.38. The summed E-state index contributed by atoms with van der Waals surface area (Å²) in [5, 5.41) is 8.81. The highest BCUT2D eigenvalue weighted by Gasteiger charge is 2.04. The third-order valence-electron chi connectivity index (χ3n) is 2.71. The number of hydrogen-bond donors (Lipinski definition) is 1. The van der Waals surface area contributed by atoms with Gasteiger partial charge in [-0.05, 0) is 12.3 Å². The molecule has 1 heterocycles. The van der Waals surface area contributed by atoms with E-state index in [1.165, 1.54) is 12.3 Å². The van der Waals surface area contributed by atoms with Crippen LogP contribution in [-0.2, 0) is 13.0 Å². The second-order valence-electron chi connectivity index (χ2n) is 3.95. The van der Waals surface area contributed by atoms with Crippen LogP contribution < -0.4 is 5.43 Å². The summed E-state index contributed by atoms with van der Waals surface area (Å²) in [5.74, 6) is 1.35. The SMILES string of the molecule is CC[C@@H](C)CCc1cc(=O)c(CO)co1. The number of aliphatic hydroxyl groups excluding tert-OH is 1. The van der Waals surface area contributed by atoms with Gasteiger partial charge in [0.1, 0.15) is 5.76 Å². The van der Waals surface area contributed by atoms with E-state index in [9.17, 15) is 4.79 Å². The summed E-state index contributed by atoms with van der Waals surface area (Å²) in [6.07, 6.45) is 4.31. The topological polar surface area (TPSA) is 50.4 Å². The van der Waals surface area contributed by atoms with E-state index in [4.69, 9.17) is 9.52 Å². The molecule has 0 bridgehead atoms. The first-order chi connectivity index (χ1) is 7.17. The van der Waals surface area contributed by atoms with Crippen molar-refractivity contribution in [1.82, 2.24) is 0 Å².